The molecule has 0 aliphatic rings. The van der Waals surface area contributed by atoms with E-state index >= 15 is 0 Å². The summed E-state index contributed by atoms with van der Waals surface area (Å²) in [5, 5.41) is -2.36. The summed E-state index contributed by atoms with van der Waals surface area (Å²) in [6.07, 6.45) is 16.7. The first-order valence-corrected chi connectivity index (χ1v) is 18.4. The average molecular weight is 674 g/mol. The summed E-state index contributed by atoms with van der Waals surface area (Å²) in [4.78, 5) is 48.7. The number of carbonyl (C=O) groups is 4. The highest BCUT2D eigenvalue weighted by atomic mass is 32.2. The third-order valence-corrected chi connectivity index (χ3v) is 8.52. The van der Waals surface area contributed by atoms with Crippen molar-refractivity contribution in [3.8, 4) is 0 Å². The second-order valence-electron chi connectivity index (χ2n) is 11.6. The first-order chi connectivity index (χ1) is 22.0. The van der Waals surface area contributed by atoms with E-state index in [4.69, 9.17) is 18.9 Å². The third kappa shape index (κ3) is 23.6. The van der Waals surface area contributed by atoms with Gasteiger partial charge in [0.1, 0.15) is 35.5 Å². The van der Waals surface area contributed by atoms with E-state index in [2.05, 4.69) is 27.0 Å². The molecule has 0 saturated carbocycles. The molecule has 0 aliphatic carbocycles. The Hall–Kier alpha value is -2.73. The summed E-state index contributed by atoms with van der Waals surface area (Å²) >= 11 is 0. The van der Waals surface area contributed by atoms with Crippen molar-refractivity contribution in [3.63, 3.8) is 0 Å². The molecule has 266 valence electrons. The largest absolute Gasteiger partial charge is 0.747 e. The van der Waals surface area contributed by atoms with Crippen LogP contribution in [0.1, 0.15) is 136 Å². The van der Waals surface area contributed by atoms with Crippen molar-refractivity contribution in [2.75, 3.05) is 13.2 Å². The molecule has 46 heavy (non-hydrogen) atoms. The maximum absolute atomic E-state index is 12.6. The fraction of sp³-hybridized carbons (Fsp3) is 0.765. The van der Waals surface area contributed by atoms with Crippen LogP contribution in [0.3, 0.4) is 0 Å². The third-order valence-electron chi connectivity index (χ3n) is 7.46. The highest BCUT2D eigenvalue weighted by Crippen LogP contribution is 2.16. The number of unbranched alkanes of at least 4 members (excludes halogenated alkanes) is 14. The quantitative estimate of drug-likeness (QED) is 0.0264. The summed E-state index contributed by atoms with van der Waals surface area (Å²) in [5.41, 5.74) is 0. The number of hydrogen-bond acceptors (Lipinski definition) is 11. The van der Waals surface area contributed by atoms with Crippen molar-refractivity contribution < 1.29 is 51.1 Å². The molecule has 3 unspecified atom stereocenters. The minimum atomic E-state index is -5.31. The van der Waals surface area contributed by atoms with Gasteiger partial charge < -0.3 is 23.5 Å². The zero-order valence-electron chi connectivity index (χ0n) is 28.0. The Morgan fingerprint density at radius 2 is 1.00 bits per heavy atom. The summed E-state index contributed by atoms with van der Waals surface area (Å²) in [5.74, 6) is -4.04. The number of carbonyl (C=O) groups excluding carboxylic acids is 4. The van der Waals surface area contributed by atoms with Crippen molar-refractivity contribution in [1.29, 1.82) is 0 Å². The van der Waals surface area contributed by atoms with Crippen molar-refractivity contribution >= 4 is 34.0 Å². The fourth-order valence-electron chi connectivity index (χ4n) is 4.76. The number of esters is 4. The minimum absolute atomic E-state index is 0.350. The van der Waals surface area contributed by atoms with Crippen LogP contribution in [-0.4, -0.2) is 67.5 Å². The lowest BCUT2D eigenvalue weighted by Crippen LogP contribution is -2.37. The van der Waals surface area contributed by atoms with Crippen LogP contribution in [0, 0.1) is 0 Å². The molecule has 0 spiro atoms. The second-order valence-corrected chi connectivity index (χ2v) is 13.1. The Labute approximate surface area is 276 Å². The predicted octanol–water partition coefficient (Wildman–Crippen LogP) is 6.63. The van der Waals surface area contributed by atoms with E-state index in [1.807, 2.05) is 0 Å². The van der Waals surface area contributed by atoms with Gasteiger partial charge in [-0.05, 0) is 25.7 Å². The summed E-state index contributed by atoms with van der Waals surface area (Å²) in [6, 6.07) is 0. The van der Waals surface area contributed by atoms with E-state index in [9.17, 15) is 32.1 Å². The van der Waals surface area contributed by atoms with Crippen molar-refractivity contribution in [1.82, 2.24) is 0 Å². The lowest BCUT2D eigenvalue weighted by Gasteiger charge is -2.22. The highest BCUT2D eigenvalue weighted by molar-refractivity contribution is 7.87. The minimum Gasteiger partial charge on any atom is -0.747 e. The summed E-state index contributed by atoms with van der Waals surface area (Å²) in [6.45, 7) is 10.1. The van der Waals surface area contributed by atoms with Gasteiger partial charge in [-0.3, -0.25) is 9.59 Å². The number of ether oxygens (including phenoxy) is 4. The van der Waals surface area contributed by atoms with Crippen LogP contribution in [0.15, 0.2) is 25.3 Å². The molecule has 0 amide bonds. The molecule has 0 heterocycles. The lowest BCUT2D eigenvalue weighted by molar-refractivity contribution is -0.159. The Morgan fingerprint density at radius 3 is 1.37 bits per heavy atom. The van der Waals surface area contributed by atoms with Gasteiger partial charge in [0.25, 0.3) is 0 Å². The smallest absolute Gasteiger partial charge is 0.330 e. The molecule has 0 radical (unpaired) electrons. The van der Waals surface area contributed by atoms with Crippen LogP contribution in [0.2, 0.25) is 0 Å². The van der Waals surface area contributed by atoms with Crippen LogP contribution in [0.25, 0.3) is 0 Å². The lowest BCUT2D eigenvalue weighted by atomic mass is 10.1. The topological polar surface area (TPSA) is 162 Å². The van der Waals surface area contributed by atoms with Crippen LogP contribution < -0.4 is 0 Å². The van der Waals surface area contributed by atoms with Crippen molar-refractivity contribution in [3.05, 3.63) is 25.3 Å². The predicted molar refractivity (Wildman–Crippen MR) is 175 cm³/mol. The molecule has 12 heteroatoms. The van der Waals surface area contributed by atoms with Crippen molar-refractivity contribution in [2.24, 2.45) is 0 Å². The maximum Gasteiger partial charge on any atom is 0.330 e. The van der Waals surface area contributed by atoms with Crippen LogP contribution in [0.5, 0.6) is 0 Å². The van der Waals surface area contributed by atoms with E-state index in [1.54, 1.807) is 0 Å². The van der Waals surface area contributed by atoms with E-state index in [-0.39, 0.29) is 6.61 Å². The van der Waals surface area contributed by atoms with E-state index in [1.165, 1.54) is 32.1 Å². The van der Waals surface area contributed by atoms with E-state index < -0.39 is 64.5 Å². The molecule has 0 bridgehead atoms. The highest BCUT2D eigenvalue weighted by Gasteiger charge is 2.32. The molecule has 0 saturated heterocycles. The first-order valence-electron chi connectivity index (χ1n) is 16.9. The molecule has 0 aliphatic heterocycles. The molecule has 0 aromatic rings. The second kappa shape index (κ2) is 27.4. The van der Waals surface area contributed by atoms with Crippen LogP contribution >= 0.6 is 0 Å². The van der Waals surface area contributed by atoms with E-state index in [0.717, 1.165) is 69.9 Å². The average Bonchev–Trinajstić information content (AvgIpc) is 3.02. The number of hydrogen-bond donors (Lipinski definition) is 0. The van der Waals surface area contributed by atoms with Crippen molar-refractivity contribution in [2.45, 2.75) is 153 Å². The van der Waals surface area contributed by atoms with Gasteiger partial charge in [0.2, 0.25) is 0 Å². The Bertz CT molecular complexity index is 993. The van der Waals surface area contributed by atoms with Crippen LogP contribution in [-0.2, 0) is 48.2 Å². The molecular weight excluding hydrogens is 616 g/mol. The maximum atomic E-state index is 12.6. The molecule has 0 fully saturated rings. The SMILES string of the molecule is C=CC(=O)OC(CCCCCCCCCC)COC(=O)CC(C(=O)OCC(CCCCCCCCCC)OC(=O)C=C)S(=O)(=O)[O-]. The monoisotopic (exact) mass is 673 g/mol. The fourth-order valence-corrected chi connectivity index (χ4v) is 5.40. The Kier molecular flexibility index (Phi) is 25.8. The van der Waals surface area contributed by atoms with Gasteiger partial charge in [-0.25, -0.2) is 18.0 Å². The van der Waals surface area contributed by atoms with Crippen LogP contribution in [0.4, 0.5) is 0 Å². The molecular formula is C34H57O11S-. The molecule has 0 aromatic carbocycles. The van der Waals surface area contributed by atoms with Gasteiger partial charge in [0.05, 0.1) is 6.42 Å². The molecule has 0 rings (SSSR count). The van der Waals surface area contributed by atoms with Gasteiger partial charge in [0.15, 0.2) is 5.25 Å². The standard InChI is InChI=1S/C34H58O11S/c1-5-9-11-13-15-17-19-21-23-28(44-31(35)7-3)26-42-33(37)25-30(46(39,40)41)34(38)43-27-29(45-32(36)8-4)24-22-20-18-16-14-12-10-6-2/h7-8,28-30H,3-6,9-27H2,1-2H3,(H,39,40,41)/p-1. The zero-order chi connectivity index (χ0) is 34.6. The normalized spacial score (nSPS) is 13.2. The van der Waals surface area contributed by atoms with E-state index in [0.29, 0.717) is 25.7 Å². The Balaban J connectivity index is 4.98. The molecule has 11 nitrogen and oxygen atoms in total. The van der Waals surface area contributed by atoms with Gasteiger partial charge in [-0.1, -0.05) is 117 Å². The Morgan fingerprint density at radius 1 is 0.630 bits per heavy atom. The molecule has 3 atom stereocenters. The molecule has 0 aromatic heterocycles. The first kappa shape index (κ1) is 43.3. The summed E-state index contributed by atoms with van der Waals surface area (Å²) < 4.78 is 56.3. The van der Waals surface area contributed by atoms with Gasteiger partial charge in [-0.2, -0.15) is 0 Å². The summed E-state index contributed by atoms with van der Waals surface area (Å²) in [7, 11) is -5.31. The molecule has 0 N–H and O–H groups in total. The zero-order valence-corrected chi connectivity index (χ0v) is 28.9. The van der Waals surface area contributed by atoms with Gasteiger partial charge >= 0.3 is 23.9 Å². The van der Waals surface area contributed by atoms with Gasteiger partial charge in [-0.15, -0.1) is 0 Å². The van der Waals surface area contributed by atoms with Gasteiger partial charge in [0, 0.05) is 12.2 Å². The number of rotatable bonds is 30.